The number of hydrogen-bond acceptors (Lipinski definition) is 4. The maximum atomic E-state index is 13.0. The van der Waals surface area contributed by atoms with Crippen LogP contribution in [0.25, 0.3) is 0 Å². The van der Waals surface area contributed by atoms with E-state index in [1.54, 1.807) is 23.5 Å². The molecule has 0 saturated carbocycles. The number of nitrogens with zero attached hydrogens (tertiary/aromatic N) is 2. The second kappa shape index (κ2) is 6.12. The molecule has 5 heteroatoms. The molecule has 0 atom stereocenters. The van der Waals surface area contributed by atoms with Gasteiger partial charge in [0, 0.05) is 17.1 Å². The van der Waals surface area contributed by atoms with Crippen LogP contribution in [0.3, 0.4) is 0 Å². The van der Waals surface area contributed by atoms with E-state index >= 15 is 0 Å². The zero-order valence-electron chi connectivity index (χ0n) is 11.2. The van der Waals surface area contributed by atoms with Crippen molar-refractivity contribution in [3.05, 3.63) is 40.7 Å². The van der Waals surface area contributed by atoms with Crippen molar-refractivity contribution in [1.29, 1.82) is 0 Å². The molecule has 0 fully saturated rings. The maximum absolute atomic E-state index is 13.0. The van der Waals surface area contributed by atoms with Gasteiger partial charge in [0.2, 0.25) is 0 Å². The predicted octanol–water partition coefficient (Wildman–Crippen LogP) is 3.39. The average molecular weight is 279 g/mol. The largest absolute Gasteiger partial charge is 0.330 e. The van der Waals surface area contributed by atoms with Gasteiger partial charge in [-0.05, 0) is 51.1 Å². The van der Waals surface area contributed by atoms with Crippen molar-refractivity contribution >= 4 is 22.2 Å². The number of anilines is 2. The molecule has 102 valence electrons. The first-order valence-corrected chi connectivity index (χ1v) is 7.10. The van der Waals surface area contributed by atoms with Gasteiger partial charge in [0.05, 0.1) is 5.69 Å². The number of aryl methyl sites for hydroxylation is 2. The van der Waals surface area contributed by atoms with E-state index in [4.69, 9.17) is 5.73 Å². The van der Waals surface area contributed by atoms with E-state index in [9.17, 15) is 4.39 Å². The fourth-order valence-corrected chi connectivity index (χ4v) is 2.73. The molecule has 1 aromatic heterocycles. The quantitative estimate of drug-likeness (QED) is 0.912. The van der Waals surface area contributed by atoms with E-state index in [0.717, 1.165) is 29.5 Å². The Morgan fingerprint density at radius 3 is 2.47 bits per heavy atom. The standard InChI is InChI=1S/C14H18FN3S/c1-10-11(2)19-14(17-10)18(9-3-8-16)13-6-4-12(15)5-7-13/h4-7H,3,8-9,16H2,1-2H3. The molecule has 0 aliphatic rings. The monoisotopic (exact) mass is 279 g/mol. The highest BCUT2D eigenvalue weighted by Gasteiger charge is 2.14. The Balaban J connectivity index is 2.32. The molecule has 19 heavy (non-hydrogen) atoms. The molecule has 1 aromatic carbocycles. The van der Waals surface area contributed by atoms with E-state index in [0.29, 0.717) is 6.54 Å². The van der Waals surface area contributed by atoms with Gasteiger partial charge in [-0.2, -0.15) is 0 Å². The molecule has 0 radical (unpaired) electrons. The second-order valence-corrected chi connectivity index (χ2v) is 5.59. The molecular weight excluding hydrogens is 261 g/mol. The van der Waals surface area contributed by atoms with Crippen LogP contribution in [0, 0.1) is 19.7 Å². The minimum absolute atomic E-state index is 0.228. The number of rotatable bonds is 5. The zero-order valence-corrected chi connectivity index (χ0v) is 12.0. The van der Waals surface area contributed by atoms with Gasteiger partial charge in [-0.1, -0.05) is 0 Å². The fraction of sp³-hybridized carbons (Fsp3) is 0.357. The molecule has 0 aliphatic heterocycles. The van der Waals surface area contributed by atoms with E-state index in [1.807, 2.05) is 6.92 Å². The summed E-state index contributed by atoms with van der Waals surface area (Å²) in [6.45, 7) is 5.47. The third-order valence-electron chi connectivity index (χ3n) is 2.97. The Morgan fingerprint density at radius 2 is 1.95 bits per heavy atom. The van der Waals surface area contributed by atoms with Gasteiger partial charge in [0.25, 0.3) is 0 Å². The third-order valence-corrected chi connectivity index (χ3v) is 4.07. The smallest absolute Gasteiger partial charge is 0.190 e. The minimum atomic E-state index is -0.228. The van der Waals surface area contributed by atoms with Crippen molar-refractivity contribution in [2.75, 3.05) is 18.0 Å². The van der Waals surface area contributed by atoms with E-state index in [2.05, 4.69) is 16.8 Å². The highest BCUT2D eigenvalue weighted by atomic mass is 32.1. The summed E-state index contributed by atoms with van der Waals surface area (Å²) in [5.74, 6) is -0.228. The van der Waals surface area contributed by atoms with Gasteiger partial charge in [-0.15, -0.1) is 11.3 Å². The predicted molar refractivity (Wildman–Crippen MR) is 78.7 cm³/mol. The van der Waals surface area contributed by atoms with Crippen molar-refractivity contribution in [2.45, 2.75) is 20.3 Å². The topological polar surface area (TPSA) is 42.2 Å². The van der Waals surface area contributed by atoms with Crippen LogP contribution in [0.15, 0.2) is 24.3 Å². The van der Waals surface area contributed by atoms with Crippen LogP contribution in [0.1, 0.15) is 17.0 Å². The van der Waals surface area contributed by atoms with Gasteiger partial charge >= 0.3 is 0 Å². The Kier molecular flexibility index (Phi) is 4.50. The number of halogens is 1. The molecule has 2 rings (SSSR count). The first-order chi connectivity index (χ1) is 9.11. The molecule has 2 aromatic rings. The van der Waals surface area contributed by atoms with Crippen LogP contribution >= 0.6 is 11.3 Å². The van der Waals surface area contributed by atoms with Gasteiger partial charge in [0.15, 0.2) is 5.13 Å². The average Bonchev–Trinajstić information content (AvgIpc) is 2.72. The summed E-state index contributed by atoms with van der Waals surface area (Å²) in [6, 6.07) is 6.49. The second-order valence-electron chi connectivity index (χ2n) is 4.41. The van der Waals surface area contributed by atoms with Crippen LogP contribution in [0.5, 0.6) is 0 Å². The van der Waals surface area contributed by atoms with Crippen LogP contribution < -0.4 is 10.6 Å². The van der Waals surface area contributed by atoms with Crippen molar-refractivity contribution in [2.24, 2.45) is 5.73 Å². The first kappa shape index (κ1) is 14.0. The molecule has 0 unspecified atom stereocenters. The van der Waals surface area contributed by atoms with Crippen LogP contribution in [-0.4, -0.2) is 18.1 Å². The first-order valence-electron chi connectivity index (χ1n) is 6.29. The van der Waals surface area contributed by atoms with Gasteiger partial charge in [-0.25, -0.2) is 9.37 Å². The highest BCUT2D eigenvalue weighted by Crippen LogP contribution is 2.31. The van der Waals surface area contributed by atoms with Crippen molar-refractivity contribution < 1.29 is 4.39 Å². The Labute approximate surface area is 116 Å². The van der Waals surface area contributed by atoms with Crippen LogP contribution in [-0.2, 0) is 0 Å². The van der Waals surface area contributed by atoms with Gasteiger partial charge in [0.1, 0.15) is 5.82 Å². The van der Waals surface area contributed by atoms with Gasteiger partial charge in [-0.3, -0.25) is 0 Å². The molecule has 3 nitrogen and oxygen atoms in total. The molecule has 0 bridgehead atoms. The lowest BCUT2D eigenvalue weighted by molar-refractivity contribution is 0.627. The molecule has 2 N–H and O–H groups in total. The van der Waals surface area contributed by atoms with Crippen molar-refractivity contribution in [1.82, 2.24) is 4.98 Å². The third kappa shape index (κ3) is 3.30. The summed E-state index contributed by atoms with van der Waals surface area (Å²) in [5.41, 5.74) is 7.58. The normalized spacial score (nSPS) is 10.7. The highest BCUT2D eigenvalue weighted by molar-refractivity contribution is 7.15. The maximum Gasteiger partial charge on any atom is 0.190 e. The van der Waals surface area contributed by atoms with Crippen molar-refractivity contribution in [3.63, 3.8) is 0 Å². The Hall–Kier alpha value is -1.46. The molecule has 0 aliphatic carbocycles. The molecule has 0 amide bonds. The van der Waals surface area contributed by atoms with Crippen LogP contribution in [0.2, 0.25) is 0 Å². The Bertz CT molecular complexity index is 517. The molecule has 1 heterocycles. The number of nitrogens with two attached hydrogens (primary N) is 1. The fourth-order valence-electron chi connectivity index (χ4n) is 1.78. The number of benzene rings is 1. The van der Waals surface area contributed by atoms with E-state index in [-0.39, 0.29) is 5.82 Å². The number of aromatic nitrogens is 1. The minimum Gasteiger partial charge on any atom is -0.330 e. The molecule has 0 saturated heterocycles. The summed E-state index contributed by atoms with van der Waals surface area (Å²) >= 11 is 1.65. The van der Waals surface area contributed by atoms with Crippen LogP contribution in [0.4, 0.5) is 15.2 Å². The van der Waals surface area contributed by atoms with Crippen molar-refractivity contribution in [3.8, 4) is 0 Å². The lowest BCUT2D eigenvalue weighted by atomic mass is 10.2. The van der Waals surface area contributed by atoms with E-state index < -0.39 is 0 Å². The summed E-state index contributed by atoms with van der Waals surface area (Å²) in [5, 5.41) is 0.940. The zero-order chi connectivity index (χ0) is 13.8. The summed E-state index contributed by atoms with van der Waals surface area (Å²) < 4.78 is 13.0. The van der Waals surface area contributed by atoms with E-state index in [1.165, 1.54) is 17.0 Å². The summed E-state index contributed by atoms with van der Waals surface area (Å²) in [7, 11) is 0. The molecule has 0 spiro atoms. The number of thiazole rings is 1. The lowest BCUT2D eigenvalue weighted by Crippen LogP contribution is -2.20. The summed E-state index contributed by atoms with van der Waals surface area (Å²) in [6.07, 6.45) is 0.870. The van der Waals surface area contributed by atoms with Gasteiger partial charge < -0.3 is 10.6 Å². The SMILES string of the molecule is Cc1nc(N(CCCN)c2ccc(F)cc2)sc1C. The molecular formula is C14H18FN3S. The number of hydrogen-bond donors (Lipinski definition) is 1. The lowest BCUT2D eigenvalue weighted by Gasteiger charge is -2.21. The summed E-state index contributed by atoms with van der Waals surface area (Å²) in [4.78, 5) is 7.87. The Morgan fingerprint density at radius 1 is 1.26 bits per heavy atom.